The molecule has 4 aliphatic carbocycles. The minimum absolute atomic E-state index is 0.0197. The number of nitrogens with one attached hydrogen (secondary N) is 2. The first-order valence-electron chi connectivity index (χ1n) is 12.3. The van der Waals surface area contributed by atoms with Crippen LogP contribution in [-0.4, -0.2) is 41.8 Å². The Morgan fingerprint density at radius 2 is 1.62 bits per heavy atom. The van der Waals surface area contributed by atoms with E-state index < -0.39 is 17.2 Å². The Labute approximate surface area is 191 Å². The van der Waals surface area contributed by atoms with Crippen molar-refractivity contribution >= 4 is 12.1 Å². The molecular weight excluding hydrogens is 402 g/mol. The number of ether oxygens (including phenoxy) is 1. The maximum Gasteiger partial charge on any atom is 0.408 e. The van der Waals surface area contributed by atoms with Crippen molar-refractivity contribution in [1.29, 1.82) is 0 Å². The molecule has 6 heteroatoms. The summed E-state index contributed by atoms with van der Waals surface area (Å²) in [6.07, 6.45) is 6.78. The highest BCUT2D eigenvalue weighted by atomic mass is 16.6. The maximum absolute atomic E-state index is 13.3. The average Bonchev–Trinajstić information content (AvgIpc) is 3.14. The summed E-state index contributed by atoms with van der Waals surface area (Å²) in [6.45, 7) is 6.66. The molecule has 4 saturated carbocycles. The molecule has 5 fully saturated rings. The van der Waals surface area contributed by atoms with E-state index in [9.17, 15) is 9.59 Å². The molecule has 1 aromatic carbocycles. The molecule has 32 heavy (non-hydrogen) atoms. The van der Waals surface area contributed by atoms with Crippen molar-refractivity contribution in [3.63, 3.8) is 0 Å². The number of amides is 3. The van der Waals surface area contributed by atoms with Gasteiger partial charge in [-0.05, 0) is 88.5 Å². The van der Waals surface area contributed by atoms with Gasteiger partial charge in [0, 0.05) is 19.1 Å². The minimum Gasteiger partial charge on any atom is -0.444 e. The van der Waals surface area contributed by atoms with E-state index >= 15 is 0 Å². The zero-order valence-corrected chi connectivity index (χ0v) is 19.6. The molecule has 4 bridgehead atoms. The number of rotatable bonds is 3. The van der Waals surface area contributed by atoms with E-state index in [0.717, 1.165) is 17.4 Å². The number of carbonyl (C=O) groups excluding carboxylic acids is 2. The van der Waals surface area contributed by atoms with Gasteiger partial charge in [0.15, 0.2) is 0 Å². The fourth-order valence-corrected chi connectivity index (χ4v) is 7.04. The van der Waals surface area contributed by atoms with Crippen LogP contribution >= 0.6 is 0 Å². The lowest BCUT2D eigenvalue weighted by molar-refractivity contribution is -0.0108. The summed E-state index contributed by atoms with van der Waals surface area (Å²) in [5.74, 6) is 3.08. The van der Waals surface area contributed by atoms with Crippen LogP contribution in [0.3, 0.4) is 0 Å². The van der Waals surface area contributed by atoms with Crippen LogP contribution in [0.2, 0.25) is 0 Å². The first-order chi connectivity index (χ1) is 15.2. The van der Waals surface area contributed by atoms with E-state index in [0.29, 0.717) is 37.4 Å². The SMILES string of the molecule is CC(C)(C)OC(=O)NC1(c2ccccc2)CCN(C(=O)NC2C3CC4CC(C3)CC2C4)C1. The molecular formula is C26H37N3O3. The predicted molar refractivity (Wildman–Crippen MR) is 123 cm³/mol. The van der Waals surface area contributed by atoms with Crippen LogP contribution in [0.25, 0.3) is 0 Å². The van der Waals surface area contributed by atoms with Crippen LogP contribution in [0, 0.1) is 23.7 Å². The molecule has 6 nitrogen and oxygen atoms in total. The number of urea groups is 1. The second-order valence-electron chi connectivity index (χ2n) is 11.7. The van der Waals surface area contributed by atoms with Crippen molar-refractivity contribution in [2.45, 2.75) is 76.5 Å². The van der Waals surface area contributed by atoms with Crippen molar-refractivity contribution in [2.24, 2.45) is 23.7 Å². The van der Waals surface area contributed by atoms with Crippen LogP contribution in [-0.2, 0) is 10.3 Å². The van der Waals surface area contributed by atoms with Gasteiger partial charge in [0.1, 0.15) is 5.60 Å². The van der Waals surface area contributed by atoms with Crippen molar-refractivity contribution in [3.8, 4) is 0 Å². The average molecular weight is 440 g/mol. The minimum atomic E-state index is -0.634. The number of nitrogens with zero attached hydrogens (tertiary/aromatic N) is 1. The van der Waals surface area contributed by atoms with Crippen LogP contribution < -0.4 is 10.6 Å². The maximum atomic E-state index is 13.3. The normalized spacial score (nSPS) is 35.6. The lowest BCUT2D eigenvalue weighted by Gasteiger charge is -2.54. The molecule has 1 unspecified atom stereocenters. The van der Waals surface area contributed by atoms with E-state index in [1.165, 1.54) is 32.1 Å². The molecule has 1 saturated heterocycles. The molecule has 1 heterocycles. The fraction of sp³-hybridized carbons (Fsp3) is 0.692. The Bertz CT molecular complexity index is 837. The van der Waals surface area contributed by atoms with Crippen LogP contribution in [0.15, 0.2) is 30.3 Å². The Morgan fingerprint density at radius 1 is 1.00 bits per heavy atom. The van der Waals surface area contributed by atoms with E-state index in [2.05, 4.69) is 10.6 Å². The van der Waals surface area contributed by atoms with E-state index in [1.54, 1.807) is 0 Å². The Morgan fingerprint density at radius 3 is 2.22 bits per heavy atom. The van der Waals surface area contributed by atoms with E-state index in [1.807, 2.05) is 56.0 Å². The first kappa shape index (κ1) is 21.6. The Kier molecular flexibility index (Phi) is 5.37. The van der Waals surface area contributed by atoms with Gasteiger partial charge in [-0.25, -0.2) is 9.59 Å². The van der Waals surface area contributed by atoms with E-state index in [4.69, 9.17) is 4.74 Å². The van der Waals surface area contributed by atoms with Gasteiger partial charge >= 0.3 is 12.1 Å². The van der Waals surface area contributed by atoms with Crippen molar-refractivity contribution < 1.29 is 14.3 Å². The highest BCUT2D eigenvalue weighted by Gasteiger charge is 2.50. The van der Waals surface area contributed by atoms with Crippen LogP contribution in [0.1, 0.15) is 64.9 Å². The molecule has 0 radical (unpaired) electrons. The quantitative estimate of drug-likeness (QED) is 0.720. The highest BCUT2D eigenvalue weighted by molar-refractivity contribution is 5.76. The molecule has 5 aliphatic rings. The van der Waals surface area contributed by atoms with Gasteiger partial charge in [-0.15, -0.1) is 0 Å². The third-order valence-electron chi connectivity index (χ3n) is 8.14. The van der Waals surface area contributed by atoms with Gasteiger partial charge < -0.3 is 20.3 Å². The van der Waals surface area contributed by atoms with E-state index in [-0.39, 0.29) is 6.03 Å². The van der Waals surface area contributed by atoms with Crippen molar-refractivity contribution in [3.05, 3.63) is 35.9 Å². The summed E-state index contributed by atoms with van der Waals surface area (Å²) in [6, 6.07) is 10.3. The van der Waals surface area contributed by atoms with Crippen molar-refractivity contribution in [2.75, 3.05) is 13.1 Å². The fourth-order valence-electron chi connectivity index (χ4n) is 7.04. The first-order valence-corrected chi connectivity index (χ1v) is 12.3. The number of hydrogen-bond acceptors (Lipinski definition) is 3. The number of carbonyl (C=O) groups is 2. The zero-order valence-electron chi connectivity index (χ0n) is 19.6. The molecule has 1 atom stereocenters. The molecule has 1 aromatic rings. The van der Waals surface area contributed by atoms with Crippen LogP contribution in [0.4, 0.5) is 9.59 Å². The molecule has 1 aliphatic heterocycles. The monoisotopic (exact) mass is 439 g/mol. The number of hydrogen-bond donors (Lipinski definition) is 2. The summed E-state index contributed by atoms with van der Waals surface area (Å²) in [5, 5.41) is 6.55. The van der Waals surface area contributed by atoms with Gasteiger partial charge in [-0.1, -0.05) is 30.3 Å². The summed E-state index contributed by atoms with van der Waals surface area (Å²) in [5.41, 5.74) is -0.196. The third-order valence-corrected chi connectivity index (χ3v) is 8.14. The molecule has 6 rings (SSSR count). The highest BCUT2D eigenvalue weighted by Crippen LogP contribution is 2.53. The zero-order chi connectivity index (χ0) is 22.5. The largest absolute Gasteiger partial charge is 0.444 e. The van der Waals surface area contributed by atoms with Gasteiger partial charge in [-0.3, -0.25) is 0 Å². The standard InChI is InChI=1S/C26H37N3O3/c1-25(2,3)32-24(31)28-26(21-7-5-4-6-8-21)9-10-29(16-26)23(30)27-22-19-12-17-11-18(14-19)15-20(22)13-17/h4-8,17-20,22H,9-16H2,1-3H3,(H,27,30)(H,28,31). The summed E-state index contributed by atoms with van der Waals surface area (Å²) in [7, 11) is 0. The van der Waals surface area contributed by atoms with Crippen molar-refractivity contribution in [1.82, 2.24) is 15.5 Å². The lowest BCUT2D eigenvalue weighted by Crippen LogP contribution is -2.58. The molecule has 0 aromatic heterocycles. The molecule has 2 N–H and O–H groups in total. The van der Waals surface area contributed by atoms with Gasteiger partial charge in [0.2, 0.25) is 0 Å². The van der Waals surface area contributed by atoms with Crippen LogP contribution in [0.5, 0.6) is 0 Å². The predicted octanol–water partition coefficient (Wildman–Crippen LogP) is 4.65. The summed E-state index contributed by atoms with van der Waals surface area (Å²) >= 11 is 0. The number of alkyl carbamates (subject to hydrolysis) is 1. The lowest BCUT2D eigenvalue weighted by atomic mass is 9.54. The Balaban J connectivity index is 1.29. The smallest absolute Gasteiger partial charge is 0.408 e. The summed E-state index contributed by atoms with van der Waals surface area (Å²) in [4.78, 5) is 27.9. The number of likely N-dealkylation sites (tertiary alicyclic amines) is 1. The second kappa shape index (κ2) is 7.96. The van der Waals surface area contributed by atoms with Gasteiger partial charge in [0.05, 0.1) is 5.54 Å². The van der Waals surface area contributed by atoms with Gasteiger partial charge in [-0.2, -0.15) is 0 Å². The molecule has 174 valence electrons. The second-order valence-corrected chi connectivity index (χ2v) is 11.7. The third kappa shape index (κ3) is 4.20. The topological polar surface area (TPSA) is 70.7 Å². The molecule has 0 spiro atoms. The molecule has 3 amide bonds. The number of benzene rings is 1. The summed E-state index contributed by atoms with van der Waals surface area (Å²) < 4.78 is 5.56. The Hall–Kier alpha value is -2.24. The van der Waals surface area contributed by atoms with Gasteiger partial charge in [0.25, 0.3) is 0 Å².